The molecule has 1 saturated heterocycles. The molecule has 2 heterocycles. The normalized spacial score (nSPS) is 20.2. The summed E-state index contributed by atoms with van der Waals surface area (Å²) in [5.41, 5.74) is -0.871. The van der Waals surface area contributed by atoms with Crippen molar-refractivity contribution in [1.82, 2.24) is 9.55 Å². The number of H-pyrrole nitrogens is 1. The van der Waals surface area contributed by atoms with E-state index in [1.54, 1.807) is 6.92 Å². The molecule has 0 spiro atoms. The Bertz CT molecular complexity index is 1230. The summed E-state index contributed by atoms with van der Waals surface area (Å²) in [4.78, 5) is 48.9. The van der Waals surface area contributed by atoms with Crippen LogP contribution in [0, 0.1) is 17.0 Å². The van der Waals surface area contributed by atoms with Crippen LogP contribution in [0.25, 0.3) is 0 Å². The number of carbonyl (C=O) groups excluding carboxylic acids is 1. The van der Waals surface area contributed by atoms with Crippen LogP contribution in [0.3, 0.4) is 0 Å². The summed E-state index contributed by atoms with van der Waals surface area (Å²) >= 11 is 0. The Balaban J connectivity index is 1.74. The lowest BCUT2D eigenvalue weighted by Gasteiger charge is -2.39. The summed E-state index contributed by atoms with van der Waals surface area (Å²) in [7, 11) is -2.26. The van der Waals surface area contributed by atoms with Gasteiger partial charge in [-0.3, -0.25) is 24.5 Å². The summed E-state index contributed by atoms with van der Waals surface area (Å²) in [6.07, 6.45) is -1.19. The van der Waals surface area contributed by atoms with E-state index in [1.807, 2.05) is 0 Å². The number of ether oxygens (including phenoxy) is 3. The van der Waals surface area contributed by atoms with Gasteiger partial charge in [0.1, 0.15) is 24.7 Å². The molecule has 0 bridgehead atoms. The highest BCUT2D eigenvalue weighted by molar-refractivity contribution is 6.74. The van der Waals surface area contributed by atoms with Crippen molar-refractivity contribution in [2.24, 2.45) is 0 Å². The van der Waals surface area contributed by atoms with Crippen LogP contribution in [-0.4, -0.2) is 47.8 Å². The summed E-state index contributed by atoms with van der Waals surface area (Å²) in [6, 6.07) is 4.99. The second kappa shape index (κ2) is 10.4. The van der Waals surface area contributed by atoms with E-state index in [4.69, 9.17) is 18.6 Å². The van der Waals surface area contributed by atoms with Gasteiger partial charge in [0.05, 0.1) is 11.0 Å². The van der Waals surface area contributed by atoms with E-state index >= 15 is 0 Å². The molecule has 0 aliphatic carbocycles. The smallest absolute Gasteiger partial charge is 0.431 e. The molecule has 12 nitrogen and oxygen atoms in total. The zero-order valence-corrected chi connectivity index (χ0v) is 22.1. The van der Waals surface area contributed by atoms with Gasteiger partial charge in [-0.05, 0) is 37.2 Å². The van der Waals surface area contributed by atoms with Crippen LogP contribution in [-0.2, 0) is 13.9 Å². The molecule has 1 aromatic carbocycles. The van der Waals surface area contributed by atoms with Crippen LogP contribution in [0.1, 0.15) is 39.0 Å². The summed E-state index contributed by atoms with van der Waals surface area (Å²) in [5.74, 6) is 0.0835. The number of carbonyl (C=O) groups is 1. The molecular formula is C23H31N3O9Si. The van der Waals surface area contributed by atoms with Gasteiger partial charge in [0.15, 0.2) is 8.32 Å². The van der Waals surface area contributed by atoms with Crippen LogP contribution in [0.5, 0.6) is 5.75 Å². The number of aromatic amines is 1. The SMILES string of the molecule is Cc1cn([C@H]2CC(O[Si](C)(C)C(C)(C)C)[C@@H](COC(=O)Oc3ccc([N+](=O)[O-])cc3)O2)c(=O)[nH]c1=O. The number of aryl methyl sites for hydroxylation is 1. The lowest BCUT2D eigenvalue weighted by molar-refractivity contribution is -0.384. The van der Waals surface area contributed by atoms with Crippen molar-refractivity contribution in [2.45, 2.75) is 70.7 Å². The van der Waals surface area contributed by atoms with Gasteiger partial charge in [-0.2, -0.15) is 0 Å². The van der Waals surface area contributed by atoms with Crippen LogP contribution in [0.15, 0.2) is 40.1 Å². The average Bonchev–Trinajstić information content (AvgIpc) is 3.16. The molecule has 0 saturated carbocycles. The first-order chi connectivity index (χ1) is 16.7. The topological polar surface area (TPSA) is 152 Å². The Labute approximate surface area is 208 Å². The number of nitro benzene ring substituents is 1. The summed E-state index contributed by atoms with van der Waals surface area (Å²) in [5, 5.41) is 10.7. The molecule has 3 rings (SSSR count). The van der Waals surface area contributed by atoms with Crippen molar-refractivity contribution >= 4 is 20.2 Å². The predicted octanol–water partition coefficient (Wildman–Crippen LogP) is 3.65. The van der Waals surface area contributed by atoms with Crippen LogP contribution >= 0.6 is 0 Å². The largest absolute Gasteiger partial charge is 0.513 e. The molecule has 1 aliphatic rings. The molecule has 13 heteroatoms. The van der Waals surface area contributed by atoms with Gasteiger partial charge in [0.25, 0.3) is 11.2 Å². The van der Waals surface area contributed by atoms with Gasteiger partial charge in [-0.15, -0.1) is 0 Å². The van der Waals surface area contributed by atoms with E-state index in [-0.39, 0.29) is 23.1 Å². The Morgan fingerprint density at radius 2 is 1.89 bits per heavy atom. The zero-order chi connectivity index (χ0) is 26.8. The van der Waals surface area contributed by atoms with Gasteiger partial charge in [-0.1, -0.05) is 20.8 Å². The van der Waals surface area contributed by atoms with Crippen LogP contribution in [0.2, 0.25) is 18.1 Å². The summed E-state index contributed by atoms with van der Waals surface area (Å²) < 4.78 is 24.3. The molecule has 1 N–H and O–H groups in total. The first-order valence-electron chi connectivity index (χ1n) is 11.4. The number of aromatic nitrogens is 2. The minimum atomic E-state index is -2.26. The molecular weight excluding hydrogens is 490 g/mol. The van der Waals surface area contributed by atoms with Gasteiger partial charge in [0.2, 0.25) is 0 Å². The third-order valence-electron chi connectivity index (χ3n) is 6.50. The van der Waals surface area contributed by atoms with E-state index in [0.29, 0.717) is 12.0 Å². The maximum atomic E-state index is 12.4. The number of rotatable bonds is 7. The highest BCUT2D eigenvalue weighted by Crippen LogP contribution is 2.41. The number of nitro groups is 1. The number of nitrogens with one attached hydrogen (secondary N) is 1. The average molecular weight is 522 g/mol. The Kier molecular flexibility index (Phi) is 7.86. The third-order valence-corrected chi connectivity index (χ3v) is 11.0. The first kappa shape index (κ1) is 27.3. The van der Waals surface area contributed by atoms with Crippen LogP contribution < -0.4 is 16.0 Å². The molecule has 0 radical (unpaired) electrons. The number of hydrogen-bond donors (Lipinski definition) is 1. The van der Waals surface area contributed by atoms with Gasteiger partial charge >= 0.3 is 11.8 Å². The van der Waals surface area contributed by atoms with Crippen molar-refractivity contribution in [2.75, 3.05) is 6.61 Å². The van der Waals surface area contributed by atoms with E-state index in [9.17, 15) is 24.5 Å². The van der Waals surface area contributed by atoms with Gasteiger partial charge in [0, 0.05) is 30.3 Å². The fourth-order valence-electron chi connectivity index (χ4n) is 3.41. The standard InChI is InChI=1S/C23H31N3O9Si/c1-14-12-25(21(28)24-20(14)27)19-11-17(35-36(5,6)23(2,3)4)18(34-19)13-32-22(29)33-16-9-7-15(8-10-16)26(30)31/h7-10,12,17-19H,11,13H2,1-6H3,(H,24,27,28)/t17?,18-,19-/m1/s1. The second-order valence-electron chi connectivity index (χ2n) is 10.2. The van der Waals surface area contributed by atoms with E-state index in [0.717, 1.165) is 0 Å². The van der Waals surface area contributed by atoms with Crippen molar-refractivity contribution in [3.05, 3.63) is 67.0 Å². The lowest BCUT2D eigenvalue weighted by Crippen LogP contribution is -2.46. The minimum absolute atomic E-state index is 0.0835. The maximum absolute atomic E-state index is 12.4. The number of non-ortho nitro benzene ring substituents is 1. The highest BCUT2D eigenvalue weighted by atomic mass is 28.4. The third kappa shape index (κ3) is 6.28. The van der Waals surface area contributed by atoms with E-state index in [2.05, 4.69) is 38.8 Å². The summed E-state index contributed by atoms with van der Waals surface area (Å²) in [6.45, 7) is 11.8. The molecule has 1 aliphatic heterocycles. The predicted molar refractivity (Wildman–Crippen MR) is 132 cm³/mol. The zero-order valence-electron chi connectivity index (χ0n) is 21.1. The number of benzene rings is 1. The van der Waals surface area contributed by atoms with Gasteiger partial charge in [-0.25, -0.2) is 9.59 Å². The van der Waals surface area contributed by atoms with Crippen molar-refractivity contribution in [3.8, 4) is 5.75 Å². The Morgan fingerprint density at radius 1 is 1.25 bits per heavy atom. The molecule has 2 aromatic rings. The van der Waals surface area contributed by atoms with E-state index in [1.165, 1.54) is 35.0 Å². The molecule has 196 valence electrons. The molecule has 3 atom stereocenters. The van der Waals surface area contributed by atoms with E-state index < -0.39 is 49.1 Å². The second-order valence-corrected chi connectivity index (χ2v) is 14.9. The number of nitrogens with zero attached hydrogens (tertiary/aromatic N) is 2. The number of hydrogen-bond acceptors (Lipinski definition) is 9. The van der Waals surface area contributed by atoms with Gasteiger partial charge < -0.3 is 18.6 Å². The molecule has 1 fully saturated rings. The van der Waals surface area contributed by atoms with Crippen molar-refractivity contribution in [3.63, 3.8) is 0 Å². The Morgan fingerprint density at radius 3 is 2.47 bits per heavy atom. The first-order valence-corrected chi connectivity index (χ1v) is 14.3. The molecule has 36 heavy (non-hydrogen) atoms. The maximum Gasteiger partial charge on any atom is 0.513 e. The lowest BCUT2D eigenvalue weighted by atomic mass is 10.2. The Hall–Kier alpha value is -3.29. The quantitative estimate of drug-likeness (QED) is 0.189. The van der Waals surface area contributed by atoms with Crippen molar-refractivity contribution < 1.29 is 28.4 Å². The minimum Gasteiger partial charge on any atom is -0.431 e. The monoisotopic (exact) mass is 521 g/mol. The molecule has 1 aromatic heterocycles. The highest BCUT2D eigenvalue weighted by Gasteiger charge is 2.45. The molecule has 0 amide bonds. The fourth-order valence-corrected chi connectivity index (χ4v) is 4.77. The fraction of sp³-hybridized carbons (Fsp3) is 0.522. The van der Waals surface area contributed by atoms with Crippen molar-refractivity contribution in [1.29, 1.82) is 0 Å². The van der Waals surface area contributed by atoms with Crippen LogP contribution in [0.4, 0.5) is 10.5 Å². The molecule has 1 unspecified atom stereocenters.